The Morgan fingerprint density at radius 3 is 2.57 bits per heavy atom. The number of nitrogens with zero attached hydrogens (tertiary/aromatic N) is 2. The third kappa shape index (κ3) is 5.81. The van der Waals surface area contributed by atoms with Crippen molar-refractivity contribution < 1.29 is 23.7 Å². The van der Waals surface area contributed by atoms with E-state index in [1.165, 1.54) is 44.9 Å². The molecule has 0 bridgehead atoms. The lowest BCUT2D eigenvalue weighted by Crippen LogP contribution is -2.15. The van der Waals surface area contributed by atoms with Gasteiger partial charge in [0.1, 0.15) is 12.4 Å². The Bertz CT molecular complexity index is 814. The van der Waals surface area contributed by atoms with Crippen LogP contribution in [0.3, 0.4) is 0 Å². The summed E-state index contributed by atoms with van der Waals surface area (Å²) >= 11 is 0. The van der Waals surface area contributed by atoms with E-state index in [9.17, 15) is 4.39 Å². The number of ether oxygens (including phenoxy) is 3. The molecule has 150 valence electrons. The molecule has 1 heterocycles. The van der Waals surface area contributed by atoms with Gasteiger partial charge in [-0.25, -0.2) is 14.4 Å². The van der Waals surface area contributed by atoms with Gasteiger partial charge in [0.15, 0.2) is 17.3 Å². The third-order valence-corrected chi connectivity index (χ3v) is 3.49. The minimum atomic E-state index is -0.529. The Hall–Kier alpha value is -3.40. The zero-order valence-electron chi connectivity index (χ0n) is 15.5. The Balaban J connectivity index is 2.01. The largest absolute Gasteiger partial charge is 0.497 e. The maximum atomic E-state index is 14.3. The molecule has 0 aliphatic heterocycles. The summed E-state index contributed by atoms with van der Waals surface area (Å²) in [4.78, 5) is 8.17. The molecule has 0 saturated carbocycles. The van der Waals surface area contributed by atoms with Gasteiger partial charge in [-0.15, -0.1) is 0 Å². The molecule has 0 aliphatic rings. The molecule has 1 aromatic carbocycles. The van der Waals surface area contributed by atoms with Crippen LogP contribution in [0.2, 0.25) is 0 Å². The average Bonchev–Trinajstić information content (AvgIpc) is 2.73. The highest BCUT2D eigenvalue weighted by molar-refractivity contribution is 5.79. The fraction of sp³-hybridized carbons (Fsp3) is 0.278. The summed E-state index contributed by atoms with van der Waals surface area (Å²) in [5, 5.41) is 21.7. The minimum absolute atomic E-state index is 0.0237. The van der Waals surface area contributed by atoms with Crippen LogP contribution in [0.4, 0.5) is 10.3 Å². The van der Waals surface area contributed by atoms with E-state index in [0.717, 1.165) is 6.21 Å². The lowest BCUT2D eigenvalue weighted by Gasteiger charge is -2.12. The number of hydrogen-bond donors (Lipinski definition) is 4. The number of hydrogen-bond acceptors (Lipinski definition) is 9. The molecular formula is C18H22FN5O4. The summed E-state index contributed by atoms with van der Waals surface area (Å²) in [6.07, 6.45) is 5.45. The van der Waals surface area contributed by atoms with Crippen LogP contribution in [0, 0.1) is 11.2 Å². The molecule has 0 saturated heterocycles. The van der Waals surface area contributed by atoms with Crippen LogP contribution in [0.1, 0.15) is 5.56 Å². The number of aliphatic hydroxyl groups is 1. The monoisotopic (exact) mass is 391 g/mol. The van der Waals surface area contributed by atoms with Crippen molar-refractivity contribution in [1.29, 1.82) is 5.41 Å². The molecular weight excluding hydrogens is 369 g/mol. The SMILES string of the molecule is COc1cc(COc2cnc(N/C(C=N)=C/NCCO)nc2)c(F)c(OC)c1. The van der Waals surface area contributed by atoms with Crippen LogP contribution in [-0.2, 0) is 6.61 Å². The van der Waals surface area contributed by atoms with Crippen LogP contribution in [0.5, 0.6) is 17.2 Å². The number of nitrogens with one attached hydrogen (secondary N) is 3. The Kier molecular flexibility index (Phi) is 7.97. The summed E-state index contributed by atoms with van der Waals surface area (Å²) in [6, 6.07) is 2.97. The number of allylic oxidation sites excluding steroid dienone is 1. The number of anilines is 1. The summed E-state index contributed by atoms with van der Waals surface area (Å²) < 4.78 is 30.0. The van der Waals surface area contributed by atoms with Gasteiger partial charge < -0.3 is 35.4 Å². The first kappa shape index (κ1) is 20.9. The standard InChI is InChI=1S/C18H22FN5O4/c1-26-14-5-12(17(19)16(6-14)27-2)11-28-15-9-22-18(23-10-15)24-13(7-20)8-21-3-4-25/h5-10,20-21,25H,3-4,11H2,1-2H3,(H,22,23,24)/b13-8+,20-7?. The maximum Gasteiger partial charge on any atom is 0.227 e. The first-order valence-corrected chi connectivity index (χ1v) is 8.28. The number of rotatable bonds is 11. The van der Waals surface area contributed by atoms with Crippen molar-refractivity contribution in [3.8, 4) is 17.2 Å². The van der Waals surface area contributed by atoms with Crippen molar-refractivity contribution in [3.63, 3.8) is 0 Å². The molecule has 0 atom stereocenters. The van der Waals surface area contributed by atoms with Gasteiger partial charge in [-0.2, -0.15) is 0 Å². The predicted molar refractivity (Wildman–Crippen MR) is 101 cm³/mol. The molecule has 2 aromatic rings. The van der Waals surface area contributed by atoms with E-state index in [4.69, 9.17) is 24.7 Å². The van der Waals surface area contributed by atoms with Crippen LogP contribution in [0.25, 0.3) is 0 Å². The fourth-order valence-electron chi connectivity index (χ4n) is 2.10. The van der Waals surface area contributed by atoms with E-state index < -0.39 is 5.82 Å². The molecule has 0 radical (unpaired) electrons. The summed E-state index contributed by atoms with van der Waals surface area (Å²) in [5.74, 6) is 0.578. The molecule has 1 aromatic heterocycles. The van der Waals surface area contributed by atoms with E-state index in [0.29, 0.717) is 23.7 Å². The highest BCUT2D eigenvalue weighted by atomic mass is 19.1. The molecule has 2 rings (SSSR count). The van der Waals surface area contributed by atoms with Gasteiger partial charge in [0, 0.05) is 30.6 Å². The van der Waals surface area contributed by atoms with Gasteiger partial charge in [-0.1, -0.05) is 0 Å². The fourth-order valence-corrected chi connectivity index (χ4v) is 2.10. The number of aromatic nitrogens is 2. The highest BCUT2D eigenvalue weighted by Gasteiger charge is 2.13. The zero-order chi connectivity index (χ0) is 20.4. The second kappa shape index (κ2) is 10.7. The topological polar surface area (TPSA) is 122 Å². The Morgan fingerprint density at radius 2 is 1.96 bits per heavy atom. The maximum absolute atomic E-state index is 14.3. The second-order valence-electron chi connectivity index (χ2n) is 5.38. The smallest absolute Gasteiger partial charge is 0.227 e. The number of methoxy groups -OCH3 is 2. The first-order chi connectivity index (χ1) is 13.6. The third-order valence-electron chi connectivity index (χ3n) is 3.49. The lowest BCUT2D eigenvalue weighted by atomic mass is 10.2. The molecule has 28 heavy (non-hydrogen) atoms. The summed E-state index contributed by atoms with van der Waals surface area (Å²) in [6.45, 7) is 0.272. The number of aliphatic hydroxyl groups excluding tert-OH is 1. The van der Waals surface area contributed by atoms with Crippen molar-refractivity contribution >= 4 is 12.2 Å². The number of benzene rings is 1. The van der Waals surface area contributed by atoms with Crippen molar-refractivity contribution in [1.82, 2.24) is 15.3 Å². The van der Waals surface area contributed by atoms with Gasteiger partial charge in [0.2, 0.25) is 5.95 Å². The zero-order valence-corrected chi connectivity index (χ0v) is 15.5. The van der Waals surface area contributed by atoms with Crippen molar-refractivity contribution in [2.45, 2.75) is 6.61 Å². The molecule has 0 aliphatic carbocycles. The molecule has 0 fully saturated rings. The van der Waals surface area contributed by atoms with Crippen LogP contribution >= 0.6 is 0 Å². The Morgan fingerprint density at radius 1 is 1.21 bits per heavy atom. The Labute approximate surface area is 161 Å². The van der Waals surface area contributed by atoms with E-state index >= 15 is 0 Å². The van der Waals surface area contributed by atoms with Crippen molar-refractivity contribution in [2.75, 3.05) is 32.7 Å². The highest BCUT2D eigenvalue weighted by Crippen LogP contribution is 2.28. The van der Waals surface area contributed by atoms with Gasteiger partial charge in [-0.3, -0.25) is 0 Å². The van der Waals surface area contributed by atoms with E-state index in [1.807, 2.05) is 0 Å². The van der Waals surface area contributed by atoms with Crippen LogP contribution < -0.4 is 24.8 Å². The molecule has 4 N–H and O–H groups in total. The molecule has 10 heteroatoms. The van der Waals surface area contributed by atoms with E-state index in [2.05, 4.69) is 20.6 Å². The summed E-state index contributed by atoms with van der Waals surface area (Å²) in [5.41, 5.74) is 0.676. The predicted octanol–water partition coefficient (Wildman–Crippen LogP) is 1.70. The van der Waals surface area contributed by atoms with Crippen LogP contribution in [-0.4, -0.2) is 48.7 Å². The molecule has 0 amide bonds. The lowest BCUT2D eigenvalue weighted by molar-refractivity contribution is 0.291. The van der Waals surface area contributed by atoms with Crippen molar-refractivity contribution in [3.05, 3.63) is 47.8 Å². The molecule has 0 unspecified atom stereocenters. The van der Waals surface area contributed by atoms with Gasteiger partial charge in [-0.05, 0) is 6.07 Å². The normalized spacial score (nSPS) is 10.9. The van der Waals surface area contributed by atoms with Gasteiger partial charge in [0.25, 0.3) is 0 Å². The van der Waals surface area contributed by atoms with Crippen molar-refractivity contribution in [2.24, 2.45) is 0 Å². The number of halogens is 1. The first-order valence-electron chi connectivity index (χ1n) is 8.28. The molecule has 9 nitrogen and oxygen atoms in total. The molecule has 0 spiro atoms. The van der Waals surface area contributed by atoms with Gasteiger partial charge in [0.05, 0.1) is 38.9 Å². The average molecular weight is 391 g/mol. The van der Waals surface area contributed by atoms with E-state index in [-0.39, 0.29) is 30.5 Å². The quantitative estimate of drug-likeness (QED) is 0.337. The van der Waals surface area contributed by atoms with Gasteiger partial charge >= 0.3 is 0 Å². The van der Waals surface area contributed by atoms with E-state index in [1.54, 1.807) is 0 Å². The minimum Gasteiger partial charge on any atom is -0.497 e. The second-order valence-corrected chi connectivity index (χ2v) is 5.38. The summed E-state index contributed by atoms with van der Waals surface area (Å²) in [7, 11) is 2.85. The van der Waals surface area contributed by atoms with Crippen LogP contribution in [0.15, 0.2) is 36.4 Å².